The van der Waals surface area contributed by atoms with Crippen LogP contribution in [0.2, 0.25) is 0 Å². The van der Waals surface area contributed by atoms with Crippen molar-refractivity contribution in [3.8, 4) is 11.5 Å². The Morgan fingerprint density at radius 1 is 1.15 bits per heavy atom. The minimum absolute atomic E-state index is 0.0127. The molecule has 4 unspecified atom stereocenters. The third-order valence-corrected chi connectivity index (χ3v) is 7.09. The van der Waals surface area contributed by atoms with E-state index in [0.29, 0.717) is 42.1 Å². The molecule has 3 rings (SSSR count). The number of benzene rings is 1. The number of aliphatic hydroxyl groups is 3. The van der Waals surface area contributed by atoms with E-state index >= 15 is 0 Å². The van der Waals surface area contributed by atoms with Gasteiger partial charge in [0, 0.05) is 43.7 Å². The largest absolute Gasteiger partial charge is 0.493 e. The number of amides is 2. The molecule has 0 radical (unpaired) electrons. The quantitative estimate of drug-likeness (QED) is 0.231. The van der Waals surface area contributed by atoms with Crippen molar-refractivity contribution in [2.45, 2.75) is 83.3 Å². The fraction of sp³-hybridized carbons (Fsp3) is 0.621. The topological polar surface area (TPSA) is 155 Å². The van der Waals surface area contributed by atoms with Crippen LogP contribution < -0.4 is 14.8 Å². The highest BCUT2D eigenvalue weighted by Gasteiger charge is 2.51. The number of carbonyl (C=O) groups is 3. The Balaban J connectivity index is 2.02. The number of hydrogen-bond donors (Lipinski definition) is 4. The molecule has 1 aromatic carbocycles. The van der Waals surface area contributed by atoms with E-state index in [2.05, 4.69) is 5.32 Å². The van der Waals surface area contributed by atoms with Crippen LogP contribution in [0.15, 0.2) is 23.8 Å². The Bertz CT molecular complexity index is 1090. The molecule has 2 aliphatic rings. The summed E-state index contributed by atoms with van der Waals surface area (Å²) in [5.74, 6) is -0.702. The molecule has 0 fully saturated rings. The summed E-state index contributed by atoms with van der Waals surface area (Å²) in [6, 6.07) is 2.46. The number of ketones is 1. The summed E-state index contributed by atoms with van der Waals surface area (Å²) in [5.41, 5.74) is 1.42. The lowest BCUT2D eigenvalue weighted by molar-refractivity contribution is -0.137. The van der Waals surface area contributed by atoms with Gasteiger partial charge in [-0.15, -0.1) is 0 Å². The zero-order valence-corrected chi connectivity index (χ0v) is 23.7. The molecule has 11 heteroatoms. The van der Waals surface area contributed by atoms with Crippen LogP contribution in [0.5, 0.6) is 11.5 Å². The molecule has 40 heavy (non-hydrogen) atoms. The second kappa shape index (κ2) is 14.6. The highest BCUT2D eigenvalue weighted by molar-refractivity contribution is 5.96. The molecule has 11 nitrogen and oxygen atoms in total. The van der Waals surface area contributed by atoms with Crippen LogP contribution in [0.4, 0.5) is 0 Å². The third-order valence-electron chi connectivity index (χ3n) is 7.09. The predicted octanol–water partition coefficient (Wildman–Crippen LogP) is 1.21. The van der Waals surface area contributed by atoms with Crippen LogP contribution in [0.25, 0.3) is 0 Å². The second-order valence-electron chi connectivity index (χ2n) is 10.4. The number of ether oxygens (including phenoxy) is 3. The van der Waals surface area contributed by atoms with Gasteiger partial charge in [-0.05, 0) is 57.4 Å². The van der Waals surface area contributed by atoms with Gasteiger partial charge in [0.25, 0.3) is 0 Å². The van der Waals surface area contributed by atoms with E-state index in [1.807, 2.05) is 13.8 Å². The predicted molar refractivity (Wildman–Crippen MR) is 146 cm³/mol. The number of rotatable bonds is 15. The summed E-state index contributed by atoms with van der Waals surface area (Å²) in [6.45, 7) is 5.48. The number of hydrogen-bond acceptors (Lipinski definition) is 9. The molecule has 0 bridgehead atoms. The van der Waals surface area contributed by atoms with Crippen LogP contribution in [0.3, 0.4) is 0 Å². The number of Topliss-reactive ketones (excluding diaryl/α,β-unsaturated/α-hetero) is 1. The summed E-state index contributed by atoms with van der Waals surface area (Å²) in [7, 11) is 1.46. The fourth-order valence-corrected chi connectivity index (χ4v) is 5.25. The van der Waals surface area contributed by atoms with Gasteiger partial charge < -0.3 is 44.5 Å². The van der Waals surface area contributed by atoms with Crippen LogP contribution in [0, 0.1) is 0 Å². The molecule has 0 saturated carbocycles. The van der Waals surface area contributed by atoms with E-state index in [4.69, 9.17) is 14.2 Å². The molecule has 4 atom stereocenters. The van der Waals surface area contributed by atoms with Crippen LogP contribution in [-0.4, -0.2) is 95.6 Å². The molecule has 1 heterocycles. The highest BCUT2D eigenvalue weighted by Crippen LogP contribution is 2.51. The maximum atomic E-state index is 13.5. The van der Waals surface area contributed by atoms with Gasteiger partial charge in [0.2, 0.25) is 11.8 Å². The van der Waals surface area contributed by atoms with Crippen molar-refractivity contribution in [2.24, 2.45) is 0 Å². The molecule has 1 aliphatic heterocycles. The van der Waals surface area contributed by atoms with Crippen molar-refractivity contribution in [1.29, 1.82) is 0 Å². The average Bonchev–Trinajstić information content (AvgIpc) is 3.31. The zero-order valence-electron chi connectivity index (χ0n) is 23.7. The molecule has 1 aliphatic carbocycles. The van der Waals surface area contributed by atoms with Gasteiger partial charge in [-0.1, -0.05) is 0 Å². The Morgan fingerprint density at radius 3 is 2.52 bits per heavy atom. The van der Waals surface area contributed by atoms with Gasteiger partial charge in [-0.3, -0.25) is 9.59 Å². The Morgan fingerprint density at radius 2 is 1.90 bits per heavy atom. The number of nitrogens with zero attached hydrogens (tertiary/aromatic N) is 1. The summed E-state index contributed by atoms with van der Waals surface area (Å²) >= 11 is 0. The summed E-state index contributed by atoms with van der Waals surface area (Å²) < 4.78 is 17.4. The smallest absolute Gasteiger partial charge is 0.247 e. The normalized spacial score (nSPS) is 21.2. The molecule has 0 saturated heterocycles. The van der Waals surface area contributed by atoms with Gasteiger partial charge in [0.05, 0.1) is 38.4 Å². The van der Waals surface area contributed by atoms with Crippen LogP contribution in [0.1, 0.15) is 63.5 Å². The fourth-order valence-electron chi connectivity index (χ4n) is 5.25. The van der Waals surface area contributed by atoms with E-state index < -0.39 is 30.1 Å². The van der Waals surface area contributed by atoms with Gasteiger partial charge in [0.1, 0.15) is 18.0 Å². The first kappa shape index (κ1) is 31.5. The van der Waals surface area contributed by atoms with Crippen molar-refractivity contribution in [3.05, 3.63) is 34.9 Å². The van der Waals surface area contributed by atoms with E-state index in [1.54, 1.807) is 18.2 Å². The van der Waals surface area contributed by atoms with Crippen LogP contribution in [-0.2, 0) is 25.7 Å². The maximum Gasteiger partial charge on any atom is 0.247 e. The standard InChI is InChI=1S/C29H42N2O9/c1-17(2)39-12-6-10-31(24(35)8-5-7-18(3)34)22-15-21(29(37)30-9-11-32)25-20-13-19(16-33)14-23(38-4)27(20)40-28(25)26(22)36/h13-15,17,22,25-26,28,32-33,36H,5-12,16H2,1-4H3,(H,30,37). The lowest BCUT2D eigenvalue weighted by Crippen LogP contribution is -2.56. The number of carbonyl (C=O) groups excluding carboxylic acids is 3. The summed E-state index contributed by atoms with van der Waals surface area (Å²) in [4.78, 5) is 39.8. The van der Waals surface area contributed by atoms with Gasteiger partial charge in [-0.25, -0.2) is 0 Å². The lowest BCUT2D eigenvalue weighted by Gasteiger charge is -2.41. The number of fused-ring (bicyclic) bond motifs is 3. The molecule has 222 valence electrons. The first-order valence-corrected chi connectivity index (χ1v) is 13.8. The van der Waals surface area contributed by atoms with Crippen molar-refractivity contribution >= 4 is 17.6 Å². The highest BCUT2D eigenvalue weighted by atomic mass is 16.5. The minimum Gasteiger partial charge on any atom is -0.493 e. The molecule has 4 N–H and O–H groups in total. The van der Waals surface area contributed by atoms with Gasteiger partial charge in [-0.2, -0.15) is 0 Å². The first-order chi connectivity index (χ1) is 19.1. The Kier molecular flexibility index (Phi) is 11.5. The zero-order chi connectivity index (χ0) is 29.4. The lowest BCUT2D eigenvalue weighted by atomic mass is 9.77. The molecular formula is C29H42N2O9. The van der Waals surface area contributed by atoms with Crippen molar-refractivity contribution in [3.63, 3.8) is 0 Å². The summed E-state index contributed by atoms with van der Waals surface area (Å²) in [5, 5.41) is 33.4. The van der Waals surface area contributed by atoms with Gasteiger partial charge in [0.15, 0.2) is 11.5 Å². The van der Waals surface area contributed by atoms with E-state index in [1.165, 1.54) is 18.9 Å². The van der Waals surface area contributed by atoms with Crippen molar-refractivity contribution < 1.29 is 43.9 Å². The van der Waals surface area contributed by atoms with E-state index in [-0.39, 0.29) is 62.5 Å². The first-order valence-electron chi connectivity index (χ1n) is 13.8. The minimum atomic E-state index is -1.20. The van der Waals surface area contributed by atoms with E-state index in [9.17, 15) is 29.7 Å². The maximum absolute atomic E-state index is 13.5. The number of aliphatic hydroxyl groups excluding tert-OH is 3. The molecule has 0 aromatic heterocycles. The third kappa shape index (κ3) is 7.39. The molecule has 0 spiro atoms. The van der Waals surface area contributed by atoms with Crippen LogP contribution >= 0.6 is 0 Å². The van der Waals surface area contributed by atoms with Gasteiger partial charge >= 0.3 is 0 Å². The second-order valence-corrected chi connectivity index (χ2v) is 10.4. The Hall–Kier alpha value is -2.99. The van der Waals surface area contributed by atoms with Crippen molar-refractivity contribution in [2.75, 3.05) is 33.4 Å². The summed E-state index contributed by atoms with van der Waals surface area (Å²) in [6.07, 6.45) is 0.758. The monoisotopic (exact) mass is 562 g/mol. The molecular weight excluding hydrogens is 520 g/mol. The number of methoxy groups -OCH3 is 1. The number of nitrogens with one attached hydrogen (secondary N) is 1. The Labute approximate surface area is 235 Å². The SMILES string of the molecule is COc1cc(CO)cc2c1OC1C2C(C(=O)NCCO)=CC(N(CCCOC(C)C)C(=O)CCCC(C)=O)C1O. The molecule has 1 aromatic rings. The average molecular weight is 563 g/mol. The molecule has 2 amide bonds. The van der Waals surface area contributed by atoms with Crippen molar-refractivity contribution in [1.82, 2.24) is 10.2 Å². The van der Waals surface area contributed by atoms with E-state index in [0.717, 1.165) is 0 Å².